The zero-order valence-corrected chi connectivity index (χ0v) is 17.3. The van der Waals surface area contributed by atoms with Gasteiger partial charge in [-0.05, 0) is 39.2 Å². The minimum Gasteiger partial charge on any atom is -0.382 e. The lowest BCUT2D eigenvalue weighted by Gasteiger charge is -2.12. The number of nitrogens with one attached hydrogen (secondary N) is 2. The van der Waals surface area contributed by atoms with Gasteiger partial charge in [-0.25, -0.2) is 0 Å². The summed E-state index contributed by atoms with van der Waals surface area (Å²) in [7, 11) is 1.77. The van der Waals surface area contributed by atoms with Crippen LogP contribution >= 0.6 is 24.0 Å². The first kappa shape index (κ1) is 22.9. The summed E-state index contributed by atoms with van der Waals surface area (Å²) in [4.78, 5) is 15.9. The van der Waals surface area contributed by atoms with E-state index in [9.17, 15) is 4.79 Å². The lowest BCUT2D eigenvalue weighted by Crippen LogP contribution is -2.38. The van der Waals surface area contributed by atoms with Gasteiger partial charge in [-0.1, -0.05) is 6.07 Å². The van der Waals surface area contributed by atoms with Crippen LogP contribution in [0.25, 0.3) is 0 Å². The minimum atomic E-state index is 0. The van der Waals surface area contributed by atoms with E-state index in [2.05, 4.69) is 15.6 Å². The van der Waals surface area contributed by atoms with Crippen molar-refractivity contribution in [2.45, 2.75) is 39.7 Å². The molecule has 0 unspecified atom stereocenters. The van der Waals surface area contributed by atoms with Crippen LogP contribution in [0.5, 0.6) is 0 Å². The van der Waals surface area contributed by atoms with Gasteiger partial charge >= 0.3 is 0 Å². The zero-order valence-electron chi connectivity index (χ0n) is 15.0. The number of guanidine groups is 1. The number of ether oxygens (including phenoxy) is 1. The van der Waals surface area contributed by atoms with Crippen molar-refractivity contribution in [1.82, 2.24) is 15.2 Å². The van der Waals surface area contributed by atoms with E-state index in [0.29, 0.717) is 0 Å². The average molecular weight is 450 g/mol. The van der Waals surface area contributed by atoms with Gasteiger partial charge < -0.3 is 19.9 Å². The van der Waals surface area contributed by atoms with E-state index in [-0.39, 0.29) is 29.5 Å². The predicted molar refractivity (Wildman–Crippen MR) is 111 cm³/mol. The summed E-state index contributed by atoms with van der Waals surface area (Å²) in [5.41, 5.74) is 1.09. The minimum absolute atomic E-state index is 0. The van der Waals surface area contributed by atoms with E-state index >= 15 is 0 Å². The normalized spacial score (nSPS) is 11.0. The number of nitrogens with zero attached hydrogens (tertiary/aromatic N) is 2. The summed E-state index contributed by atoms with van der Waals surface area (Å²) >= 11 is 0. The Kier molecular flexibility index (Phi) is 13.6. The van der Waals surface area contributed by atoms with Crippen molar-refractivity contribution in [2.24, 2.45) is 4.99 Å². The molecule has 7 heteroatoms. The zero-order chi connectivity index (χ0) is 16.9. The van der Waals surface area contributed by atoms with E-state index in [1.54, 1.807) is 19.2 Å². The number of hydrogen-bond acceptors (Lipinski definition) is 3. The highest BCUT2D eigenvalue weighted by Gasteiger charge is 2.00. The molecule has 0 fully saturated rings. The van der Waals surface area contributed by atoms with Crippen molar-refractivity contribution in [2.75, 3.05) is 33.4 Å². The maximum atomic E-state index is 11.8. The van der Waals surface area contributed by atoms with Crippen LogP contribution in [-0.2, 0) is 11.3 Å². The van der Waals surface area contributed by atoms with Crippen molar-refractivity contribution in [3.05, 3.63) is 34.2 Å². The number of aryl methyl sites for hydroxylation is 1. The third-order valence-electron chi connectivity index (χ3n) is 3.55. The Labute approximate surface area is 162 Å². The largest absolute Gasteiger partial charge is 0.382 e. The quantitative estimate of drug-likeness (QED) is 0.248. The molecule has 24 heavy (non-hydrogen) atoms. The van der Waals surface area contributed by atoms with Gasteiger partial charge in [0, 0.05) is 51.7 Å². The lowest BCUT2D eigenvalue weighted by atomic mass is 10.3. The lowest BCUT2D eigenvalue weighted by molar-refractivity contribution is 0.145. The van der Waals surface area contributed by atoms with E-state index in [1.807, 2.05) is 24.5 Å². The van der Waals surface area contributed by atoms with Crippen LogP contribution in [0.2, 0.25) is 0 Å². The molecule has 0 amide bonds. The number of hydrogen-bond donors (Lipinski definition) is 2. The average Bonchev–Trinajstić information content (AvgIpc) is 2.54. The van der Waals surface area contributed by atoms with Gasteiger partial charge in [0.15, 0.2) is 5.96 Å². The second-order valence-electron chi connectivity index (χ2n) is 5.34. The highest BCUT2D eigenvalue weighted by Crippen LogP contribution is 1.97. The van der Waals surface area contributed by atoms with E-state index in [0.717, 1.165) is 63.8 Å². The molecule has 0 aliphatic rings. The monoisotopic (exact) mass is 450 g/mol. The Hall–Kier alpha value is -1.09. The summed E-state index contributed by atoms with van der Waals surface area (Å²) in [5.74, 6) is 0.814. The topological polar surface area (TPSA) is 67.7 Å². The highest BCUT2D eigenvalue weighted by molar-refractivity contribution is 14.0. The standard InChI is InChI=1S/C17H30N4O2.HI/c1-4-23-14-8-12-20-17(18-3)19-11-5-6-13-21-15(2)9-7-10-16(21)22;/h7,9-10H,4-6,8,11-14H2,1-3H3,(H2,18,19,20);1H. The maximum absolute atomic E-state index is 11.8. The molecule has 0 saturated carbocycles. The van der Waals surface area contributed by atoms with Gasteiger partial charge in [0.05, 0.1) is 0 Å². The van der Waals surface area contributed by atoms with Gasteiger partial charge in [-0.3, -0.25) is 9.79 Å². The second-order valence-corrected chi connectivity index (χ2v) is 5.34. The van der Waals surface area contributed by atoms with Crippen molar-refractivity contribution in [3.63, 3.8) is 0 Å². The molecule has 2 N–H and O–H groups in total. The second kappa shape index (κ2) is 14.3. The molecule has 0 atom stereocenters. The van der Waals surface area contributed by atoms with Crippen molar-refractivity contribution >= 4 is 29.9 Å². The third-order valence-corrected chi connectivity index (χ3v) is 3.55. The summed E-state index contributed by atoms with van der Waals surface area (Å²) < 4.78 is 7.12. The molecule has 6 nitrogen and oxygen atoms in total. The van der Waals surface area contributed by atoms with E-state index in [1.165, 1.54) is 0 Å². The Morgan fingerprint density at radius 3 is 2.54 bits per heavy atom. The molecule has 1 heterocycles. The van der Waals surface area contributed by atoms with Crippen LogP contribution < -0.4 is 16.2 Å². The molecule has 0 bridgehead atoms. The third kappa shape index (κ3) is 9.27. The summed E-state index contributed by atoms with van der Waals surface area (Å²) in [6.45, 7) is 7.94. The number of aliphatic imine (C=N–C) groups is 1. The summed E-state index contributed by atoms with van der Waals surface area (Å²) in [5, 5.41) is 6.55. The maximum Gasteiger partial charge on any atom is 0.250 e. The molecule has 0 aliphatic carbocycles. The SMILES string of the molecule is CCOCCCNC(=NC)NCCCCn1c(C)cccc1=O.I. The molecule has 0 aromatic carbocycles. The summed E-state index contributed by atoms with van der Waals surface area (Å²) in [6, 6.07) is 5.38. The molecule has 1 aromatic heterocycles. The first-order valence-electron chi connectivity index (χ1n) is 8.37. The number of halogens is 1. The first-order chi connectivity index (χ1) is 11.2. The number of pyridine rings is 1. The first-order valence-corrected chi connectivity index (χ1v) is 8.37. The van der Waals surface area contributed by atoms with Crippen LogP contribution in [0, 0.1) is 6.92 Å². The Morgan fingerprint density at radius 1 is 1.21 bits per heavy atom. The molecular weight excluding hydrogens is 419 g/mol. The van der Waals surface area contributed by atoms with E-state index < -0.39 is 0 Å². The molecule has 138 valence electrons. The number of unbranched alkanes of at least 4 members (excludes halogenated alkanes) is 1. The van der Waals surface area contributed by atoms with Gasteiger partial charge in [0.1, 0.15) is 0 Å². The highest BCUT2D eigenvalue weighted by atomic mass is 127. The number of rotatable bonds is 10. The van der Waals surface area contributed by atoms with E-state index in [4.69, 9.17) is 4.74 Å². The molecule has 0 radical (unpaired) electrons. The van der Waals surface area contributed by atoms with Gasteiger partial charge in [0.2, 0.25) is 0 Å². The molecule has 0 saturated heterocycles. The predicted octanol–water partition coefficient (Wildman–Crippen LogP) is 2.15. The fraction of sp³-hybridized carbons (Fsp3) is 0.647. The van der Waals surface area contributed by atoms with Gasteiger partial charge in [-0.15, -0.1) is 24.0 Å². The Morgan fingerprint density at radius 2 is 1.92 bits per heavy atom. The van der Waals surface area contributed by atoms with Gasteiger partial charge in [-0.2, -0.15) is 0 Å². The van der Waals surface area contributed by atoms with Crippen LogP contribution in [0.4, 0.5) is 0 Å². The smallest absolute Gasteiger partial charge is 0.250 e. The van der Waals surface area contributed by atoms with Crippen molar-refractivity contribution in [1.29, 1.82) is 0 Å². The molecular formula is C17H31IN4O2. The van der Waals surface area contributed by atoms with Gasteiger partial charge in [0.25, 0.3) is 5.56 Å². The van der Waals surface area contributed by atoms with Crippen LogP contribution in [0.15, 0.2) is 28.0 Å². The van der Waals surface area contributed by atoms with Crippen LogP contribution in [-0.4, -0.2) is 43.9 Å². The molecule has 0 aliphatic heterocycles. The van der Waals surface area contributed by atoms with Crippen molar-refractivity contribution < 1.29 is 4.74 Å². The molecule has 1 aromatic rings. The van der Waals surface area contributed by atoms with Crippen LogP contribution in [0.3, 0.4) is 0 Å². The Bertz CT molecular complexity index is 532. The fourth-order valence-electron chi connectivity index (χ4n) is 2.26. The number of aromatic nitrogens is 1. The Balaban J connectivity index is 0.00000529. The fourth-order valence-corrected chi connectivity index (χ4v) is 2.26. The summed E-state index contributed by atoms with van der Waals surface area (Å²) in [6.07, 6.45) is 2.91. The van der Waals surface area contributed by atoms with Crippen LogP contribution in [0.1, 0.15) is 31.9 Å². The molecule has 1 rings (SSSR count). The van der Waals surface area contributed by atoms with Crippen molar-refractivity contribution in [3.8, 4) is 0 Å². The molecule has 0 spiro atoms.